The Kier molecular flexibility index (Phi) is 5.19. The van der Waals surface area contributed by atoms with Crippen molar-refractivity contribution >= 4 is 49.2 Å². The average molecular weight is 385 g/mol. The van der Waals surface area contributed by atoms with Crippen LogP contribution in [0.25, 0.3) is 0 Å². The summed E-state index contributed by atoms with van der Waals surface area (Å²) >= 11 is 8.42. The van der Waals surface area contributed by atoms with Crippen LogP contribution in [0, 0.1) is 5.41 Å². The summed E-state index contributed by atoms with van der Waals surface area (Å²) in [5, 5.41) is 8.83. The van der Waals surface area contributed by atoms with E-state index in [-0.39, 0.29) is 17.9 Å². The molecule has 0 amide bonds. The van der Waals surface area contributed by atoms with Gasteiger partial charge in [0, 0.05) is 15.4 Å². The Labute approximate surface area is 122 Å². The second-order valence-corrected chi connectivity index (χ2v) is 8.07. The number of nitrogens with two attached hydrogens (primary N) is 1. The lowest BCUT2D eigenvalue weighted by atomic mass is 9.82. The molecule has 6 heteroatoms. The Morgan fingerprint density at radius 3 is 2.59 bits per heavy atom. The van der Waals surface area contributed by atoms with Gasteiger partial charge in [0.25, 0.3) is 0 Å². The zero-order valence-corrected chi connectivity index (χ0v) is 13.7. The first-order valence-electron chi connectivity index (χ1n) is 5.13. The van der Waals surface area contributed by atoms with E-state index in [1.165, 1.54) is 0 Å². The highest BCUT2D eigenvalue weighted by Crippen LogP contribution is 2.39. The lowest BCUT2D eigenvalue weighted by Crippen LogP contribution is -2.23. The summed E-state index contributed by atoms with van der Waals surface area (Å²) in [7, 11) is 0. The minimum absolute atomic E-state index is 0.128. The van der Waals surface area contributed by atoms with E-state index in [2.05, 4.69) is 31.9 Å². The van der Waals surface area contributed by atoms with Crippen molar-refractivity contribution in [3.05, 3.63) is 19.2 Å². The third kappa shape index (κ3) is 4.69. The van der Waals surface area contributed by atoms with Gasteiger partial charge in [-0.25, -0.2) is 0 Å². The normalized spacial score (nSPS) is 13.7. The molecule has 0 saturated heterocycles. The number of rotatable bonds is 5. The first kappa shape index (κ1) is 15.1. The van der Waals surface area contributed by atoms with E-state index in [0.29, 0.717) is 6.42 Å². The molecular formula is C11H15Br2NO2S. The number of hydrogen-bond donors (Lipinski definition) is 2. The minimum atomic E-state index is -0.782. The van der Waals surface area contributed by atoms with Crippen LogP contribution in [0.2, 0.25) is 0 Å². The van der Waals surface area contributed by atoms with E-state index in [1.54, 1.807) is 11.3 Å². The average Bonchev–Trinajstić information content (AvgIpc) is 2.43. The Balaban J connectivity index is 2.71. The van der Waals surface area contributed by atoms with Crippen LogP contribution in [0.5, 0.6) is 0 Å². The standard InChI is InChI=1S/C11H15Br2NO2S/c1-11(2,5-9(15)16)4-7(14)8-3-6(12)10(13)17-8/h3,7H,4-5,14H2,1-2H3,(H,15,16). The number of hydrogen-bond acceptors (Lipinski definition) is 3. The molecule has 0 saturated carbocycles. The van der Waals surface area contributed by atoms with Crippen LogP contribution in [-0.2, 0) is 4.79 Å². The smallest absolute Gasteiger partial charge is 0.303 e. The third-order valence-electron chi connectivity index (χ3n) is 2.43. The fraction of sp³-hybridized carbons (Fsp3) is 0.545. The minimum Gasteiger partial charge on any atom is -0.481 e. The number of thiophene rings is 1. The first-order valence-corrected chi connectivity index (χ1v) is 7.53. The Hall–Kier alpha value is 0.0900. The molecule has 0 fully saturated rings. The van der Waals surface area contributed by atoms with Crippen molar-refractivity contribution in [3.63, 3.8) is 0 Å². The molecule has 0 spiro atoms. The van der Waals surface area contributed by atoms with Gasteiger partial charge in [-0.05, 0) is 49.8 Å². The molecule has 0 bridgehead atoms. The highest BCUT2D eigenvalue weighted by molar-refractivity contribution is 9.13. The molecule has 1 aromatic rings. The van der Waals surface area contributed by atoms with E-state index in [1.807, 2.05) is 19.9 Å². The van der Waals surface area contributed by atoms with Crippen LogP contribution in [0.1, 0.15) is 37.6 Å². The SMILES string of the molecule is CC(C)(CC(=O)O)CC(N)c1cc(Br)c(Br)s1. The lowest BCUT2D eigenvalue weighted by Gasteiger charge is -2.25. The fourth-order valence-electron chi connectivity index (χ4n) is 1.72. The molecular weight excluding hydrogens is 370 g/mol. The quantitative estimate of drug-likeness (QED) is 0.800. The van der Waals surface area contributed by atoms with Crippen LogP contribution in [-0.4, -0.2) is 11.1 Å². The summed E-state index contributed by atoms with van der Waals surface area (Å²) in [5.41, 5.74) is 5.82. The first-order chi connectivity index (χ1) is 7.71. The zero-order valence-electron chi connectivity index (χ0n) is 9.67. The summed E-state index contributed by atoms with van der Waals surface area (Å²) < 4.78 is 2.00. The molecule has 0 aliphatic heterocycles. The van der Waals surface area contributed by atoms with Gasteiger partial charge in [0.05, 0.1) is 10.2 Å². The number of halogens is 2. The molecule has 3 N–H and O–H groups in total. The van der Waals surface area contributed by atoms with Crippen molar-refractivity contribution < 1.29 is 9.90 Å². The van der Waals surface area contributed by atoms with Crippen molar-refractivity contribution in [1.29, 1.82) is 0 Å². The van der Waals surface area contributed by atoms with Gasteiger partial charge in [0.2, 0.25) is 0 Å². The second-order valence-electron chi connectivity index (χ2n) is 4.82. The van der Waals surface area contributed by atoms with Crippen molar-refractivity contribution in [3.8, 4) is 0 Å². The maximum absolute atomic E-state index is 10.7. The van der Waals surface area contributed by atoms with E-state index in [0.717, 1.165) is 13.1 Å². The van der Waals surface area contributed by atoms with Gasteiger partial charge in [-0.15, -0.1) is 11.3 Å². The van der Waals surface area contributed by atoms with Crippen LogP contribution < -0.4 is 5.73 Å². The van der Waals surface area contributed by atoms with E-state index >= 15 is 0 Å². The summed E-state index contributed by atoms with van der Waals surface area (Å²) in [5.74, 6) is -0.782. The Morgan fingerprint density at radius 2 is 2.18 bits per heavy atom. The highest BCUT2D eigenvalue weighted by Gasteiger charge is 2.26. The summed E-state index contributed by atoms with van der Waals surface area (Å²) in [6, 6.07) is 1.85. The van der Waals surface area contributed by atoms with Crippen LogP contribution >= 0.6 is 43.2 Å². The molecule has 3 nitrogen and oxygen atoms in total. The monoisotopic (exact) mass is 383 g/mol. The van der Waals surface area contributed by atoms with Gasteiger partial charge >= 0.3 is 5.97 Å². The van der Waals surface area contributed by atoms with Gasteiger partial charge in [0.1, 0.15) is 0 Å². The van der Waals surface area contributed by atoms with Gasteiger partial charge < -0.3 is 10.8 Å². The van der Waals surface area contributed by atoms with Gasteiger partial charge in [-0.1, -0.05) is 13.8 Å². The predicted octanol–water partition coefficient (Wildman–Crippen LogP) is 4.16. The molecule has 0 aliphatic carbocycles. The summed E-state index contributed by atoms with van der Waals surface area (Å²) in [6.45, 7) is 3.86. The summed E-state index contributed by atoms with van der Waals surface area (Å²) in [4.78, 5) is 11.8. The Morgan fingerprint density at radius 1 is 1.59 bits per heavy atom. The molecule has 96 valence electrons. The molecule has 1 heterocycles. The van der Waals surface area contributed by atoms with E-state index in [4.69, 9.17) is 10.8 Å². The van der Waals surface area contributed by atoms with Crippen LogP contribution in [0.4, 0.5) is 0 Å². The highest BCUT2D eigenvalue weighted by atomic mass is 79.9. The number of carbonyl (C=O) groups is 1. The maximum Gasteiger partial charge on any atom is 0.303 e. The zero-order chi connectivity index (χ0) is 13.2. The Bertz CT molecular complexity index is 398. The molecule has 1 atom stereocenters. The second kappa shape index (κ2) is 5.82. The third-order valence-corrected chi connectivity index (χ3v) is 5.82. The molecule has 1 aromatic heterocycles. The number of carboxylic acids is 1. The molecule has 1 rings (SSSR count). The topological polar surface area (TPSA) is 63.3 Å². The molecule has 0 radical (unpaired) electrons. The molecule has 1 unspecified atom stereocenters. The van der Waals surface area contributed by atoms with Crippen LogP contribution in [0.3, 0.4) is 0 Å². The lowest BCUT2D eigenvalue weighted by molar-refractivity contribution is -0.139. The van der Waals surface area contributed by atoms with Crippen molar-refractivity contribution in [2.45, 2.75) is 32.7 Å². The van der Waals surface area contributed by atoms with Crippen molar-refractivity contribution in [2.75, 3.05) is 0 Å². The number of carboxylic acid groups (broad SMARTS) is 1. The van der Waals surface area contributed by atoms with Crippen molar-refractivity contribution in [1.82, 2.24) is 0 Å². The number of aliphatic carboxylic acids is 1. The predicted molar refractivity (Wildman–Crippen MR) is 77.3 cm³/mol. The van der Waals surface area contributed by atoms with Crippen molar-refractivity contribution in [2.24, 2.45) is 11.1 Å². The maximum atomic E-state index is 10.7. The van der Waals surface area contributed by atoms with E-state index in [9.17, 15) is 4.79 Å². The largest absolute Gasteiger partial charge is 0.481 e. The molecule has 0 aromatic carbocycles. The van der Waals surface area contributed by atoms with Crippen LogP contribution in [0.15, 0.2) is 14.3 Å². The van der Waals surface area contributed by atoms with E-state index < -0.39 is 5.97 Å². The molecule has 17 heavy (non-hydrogen) atoms. The fourth-order valence-corrected chi connectivity index (χ4v) is 3.81. The van der Waals surface area contributed by atoms with Gasteiger partial charge in [-0.2, -0.15) is 0 Å². The van der Waals surface area contributed by atoms with Gasteiger partial charge in [0.15, 0.2) is 0 Å². The van der Waals surface area contributed by atoms with Gasteiger partial charge in [-0.3, -0.25) is 4.79 Å². The molecule has 0 aliphatic rings. The summed E-state index contributed by atoms with van der Waals surface area (Å²) in [6.07, 6.45) is 0.785.